The van der Waals surface area contributed by atoms with Crippen LogP contribution in [0.15, 0.2) is 36.4 Å². The number of nitrogens with one attached hydrogen (secondary N) is 1. The van der Waals surface area contributed by atoms with Crippen LogP contribution in [0.4, 0.5) is 0 Å². The predicted molar refractivity (Wildman–Crippen MR) is 82.3 cm³/mol. The number of aromatic hydroxyl groups is 4. The molecule has 0 aliphatic carbocycles. The Balaban J connectivity index is 1.88. The van der Waals surface area contributed by atoms with E-state index in [0.29, 0.717) is 11.1 Å². The van der Waals surface area contributed by atoms with Crippen LogP contribution in [0.25, 0.3) is 0 Å². The van der Waals surface area contributed by atoms with Crippen LogP contribution in [0.2, 0.25) is 0 Å². The molecule has 0 aliphatic rings. The van der Waals surface area contributed by atoms with Crippen molar-refractivity contribution >= 4 is 0 Å². The maximum atomic E-state index is 9.99. The van der Waals surface area contributed by atoms with Crippen molar-refractivity contribution in [1.82, 2.24) is 5.32 Å². The van der Waals surface area contributed by atoms with Gasteiger partial charge in [0.15, 0.2) is 23.0 Å². The van der Waals surface area contributed by atoms with Crippen LogP contribution in [0.1, 0.15) is 23.3 Å². The van der Waals surface area contributed by atoms with Crippen LogP contribution in [-0.2, 0) is 0 Å². The number of aliphatic hydroxyl groups excluding tert-OH is 2. The number of aliphatic hydroxyl groups is 2. The van der Waals surface area contributed by atoms with Crippen LogP contribution in [0.5, 0.6) is 23.0 Å². The van der Waals surface area contributed by atoms with E-state index < -0.39 is 12.2 Å². The lowest BCUT2D eigenvalue weighted by Gasteiger charge is -2.16. The molecule has 0 amide bonds. The summed E-state index contributed by atoms with van der Waals surface area (Å²) in [5, 5.41) is 60.1. The van der Waals surface area contributed by atoms with Crippen molar-refractivity contribution in [3.8, 4) is 23.0 Å². The summed E-state index contributed by atoms with van der Waals surface area (Å²) in [6, 6.07) is 8.04. The van der Waals surface area contributed by atoms with E-state index in [9.17, 15) is 30.6 Å². The van der Waals surface area contributed by atoms with Gasteiger partial charge in [-0.05, 0) is 35.4 Å². The van der Waals surface area contributed by atoms with Gasteiger partial charge in [0, 0.05) is 13.1 Å². The minimum Gasteiger partial charge on any atom is -0.504 e. The molecule has 124 valence electrons. The Bertz CT molecular complexity index is 618. The maximum Gasteiger partial charge on any atom is 0.157 e. The summed E-state index contributed by atoms with van der Waals surface area (Å²) in [6.07, 6.45) is -1.86. The van der Waals surface area contributed by atoms with Crippen molar-refractivity contribution in [1.29, 1.82) is 0 Å². The van der Waals surface area contributed by atoms with Gasteiger partial charge in [-0.15, -0.1) is 0 Å². The molecule has 2 aromatic rings. The Morgan fingerprint density at radius 2 is 1.04 bits per heavy atom. The highest BCUT2D eigenvalue weighted by atomic mass is 16.3. The topological polar surface area (TPSA) is 133 Å². The molecule has 0 fully saturated rings. The van der Waals surface area contributed by atoms with Crippen LogP contribution >= 0.6 is 0 Å². The Labute approximate surface area is 132 Å². The van der Waals surface area contributed by atoms with Gasteiger partial charge in [0.1, 0.15) is 0 Å². The third kappa shape index (κ3) is 4.26. The molecule has 7 nitrogen and oxygen atoms in total. The molecule has 23 heavy (non-hydrogen) atoms. The second-order valence-corrected chi connectivity index (χ2v) is 5.19. The van der Waals surface area contributed by atoms with Gasteiger partial charge in [0.25, 0.3) is 0 Å². The highest BCUT2D eigenvalue weighted by molar-refractivity contribution is 5.42. The minimum atomic E-state index is -0.929. The molecular weight excluding hydrogens is 302 g/mol. The number of phenols is 4. The van der Waals surface area contributed by atoms with Crippen molar-refractivity contribution in [2.75, 3.05) is 13.1 Å². The normalized spacial score (nSPS) is 13.7. The fraction of sp³-hybridized carbons (Fsp3) is 0.250. The highest BCUT2D eigenvalue weighted by Crippen LogP contribution is 2.28. The van der Waals surface area contributed by atoms with E-state index in [4.69, 9.17) is 0 Å². The highest BCUT2D eigenvalue weighted by Gasteiger charge is 2.13. The summed E-state index contributed by atoms with van der Waals surface area (Å²) in [4.78, 5) is 0. The number of hydrogen-bond acceptors (Lipinski definition) is 7. The van der Waals surface area contributed by atoms with Crippen LogP contribution in [0, 0.1) is 0 Å². The average molecular weight is 321 g/mol. The van der Waals surface area contributed by atoms with Gasteiger partial charge in [-0.2, -0.15) is 0 Å². The minimum absolute atomic E-state index is 0.116. The number of rotatable bonds is 6. The quantitative estimate of drug-likeness (QED) is 0.392. The third-order valence-electron chi connectivity index (χ3n) is 3.44. The van der Waals surface area contributed by atoms with Crippen molar-refractivity contribution in [3.05, 3.63) is 47.5 Å². The first kappa shape index (κ1) is 16.9. The van der Waals surface area contributed by atoms with Gasteiger partial charge in [-0.3, -0.25) is 0 Å². The number of phenolic OH excluding ortho intramolecular Hbond substituents is 4. The Hall–Kier alpha value is -2.48. The van der Waals surface area contributed by atoms with E-state index in [1.165, 1.54) is 36.4 Å². The summed E-state index contributed by atoms with van der Waals surface area (Å²) in [7, 11) is 0. The summed E-state index contributed by atoms with van der Waals surface area (Å²) in [5.41, 5.74) is 0.842. The Morgan fingerprint density at radius 1 is 0.652 bits per heavy atom. The van der Waals surface area contributed by atoms with Gasteiger partial charge in [-0.1, -0.05) is 12.1 Å². The zero-order valence-electron chi connectivity index (χ0n) is 12.2. The standard InChI is InChI=1S/C16H19NO6/c18-11-3-1-9(5-13(11)20)15(22)7-17-8-16(23)10-2-4-12(19)14(21)6-10/h1-6,15-23H,7-8H2. The molecule has 0 saturated carbocycles. The lowest BCUT2D eigenvalue weighted by Crippen LogP contribution is -2.26. The van der Waals surface area contributed by atoms with Crippen LogP contribution in [-0.4, -0.2) is 43.7 Å². The number of benzene rings is 2. The van der Waals surface area contributed by atoms with Gasteiger partial charge in [0.2, 0.25) is 0 Å². The van der Waals surface area contributed by atoms with Crippen LogP contribution in [0.3, 0.4) is 0 Å². The fourth-order valence-electron chi connectivity index (χ4n) is 2.09. The molecule has 7 N–H and O–H groups in total. The summed E-state index contributed by atoms with van der Waals surface area (Å²) >= 11 is 0. The fourth-order valence-corrected chi connectivity index (χ4v) is 2.09. The van der Waals surface area contributed by atoms with Gasteiger partial charge >= 0.3 is 0 Å². The molecule has 2 unspecified atom stereocenters. The lowest BCUT2D eigenvalue weighted by molar-refractivity contribution is 0.147. The largest absolute Gasteiger partial charge is 0.504 e. The van der Waals surface area contributed by atoms with E-state index in [1.54, 1.807) is 0 Å². The van der Waals surface area contributed by atoms with Crippen molar-refractivity contribution in [3.63, 3.8) is 0 Å². The predicted octanol–water partition coefficient (Wildman–Crippen LogP) is 0.866. The lowest BCUT2D eigenvalue weighted by atomic mass is 10.1. The molecule has 2 rings (SSSR count). The molecule has 0 bridgehead atoms. The van der Waals surface area contributed by atoms with E-state index in [0.717, 1.165) is 0 Å². The molecule has 7 heteroatoms. The van der Waals surface area contributed by atoms with Crippen molar-refractivity contribution < 1.29 is 30.6 Å². The van der Waals surface area contributed by atoms with Crippen molar-refractivity contribution in [2.45, 2.75) is 12.2 Å². The summed E-state index contributed by atoms with van der Waals surface area (Å²) in [6.45, 7) is 0.233. The van der Waals surface area contributed by atoms with E-state index in [-0.39, 0.29) is 36.1 Å². The first-order chi connectivity index (χ1) is 10.9. The first-order valence-corrected chi connectivity index (χ1v) is 6.99. The smallest absolute Gasteiger partial charge is 0.157 e. The molecule has 0 saturated heterocycles. The summed E-state index contributed by atoms with van der Waals surface area (Å²) < 4.78 is 0. The number of hydrogen-bond donors (Lipinski definition) is 7. The third-order valence-corrected chi connectivity index (χ3v) is 3.44. The van der Waals surface area contributed by atoms with E-state index in [2.05, 4.69) is 5.32 Å². The van der Waals surface area contributed by atoms with E-state index >= 15 is 0 Å². The SMILES string of the molecule is Oc1ccc(C(O)CNCC(O)c2ccc(O)c(O)c2)cc1O. The molecule has 0 spiro atoms. The molecular formula is C16H19NO6. The molecule has 2 atom stereocenters. The van der Waals surface area contributed by atoms with Crippen molar-refractivity contribution in [2.24, 2.45) is 0 Å². The molecule has 0 radical (unpaired) electrons. The maximum absolute atomic E-state index is 9.99. The molecule has 0 aromatic heterocycles. The average Bonchev–Trinajstić information content (AvgIpc) is 2.52. The molecule has 0 aliphatic heterocycles. The zero-order valence-corrected chi connectivity index (χ0v) is 12.2. The second kappa shape index (κ2) is 7.19. The Morgan fingerprint density at radius 3 is 1.39 bits per heavy atom. The Kier molecular flexibility index (Phi) is 5.28. The second-order valence-electron chi connectivity index (χ2n) is 5.19. The van der Waals surface area contributed by atoms with Gasteiger partial charge < -0.3 is 36.0 Å². The molecule has 2 aromatic carbocycles. The van der Waals surface area contributed by atoms with Gasteiger partial charge in [-0.25, -0.2) is 0 Å². The zero-order chi connectivity index (χ0) is 17.0. The monoisotopic (exact) mass is 321 g/mol. The first-order valence-electron chi connectivity index (χ1n) is 6.99. The molecule has 0 heterocycles. The summed E-state index contributed by atoms with van der Waals surface area (Å²) in [5.74, 6) is -1.17. The van der Waals surface area contributed by atoms with Gasteiger partial charge in [0.05, 0.1) is 12.2 Å². The van der Waals surface area contributed by atoms with E-state index in [1.807, 2.05) is 0 Å². The van der Waals surface area contributed by atoms with Crippen LogP contribution < -0.4 is 5.32 Å².